The van der Waals surface area contributed by atoms with Crippen molar-refractivity contribution in [3.8, 4) is 29.6 Å². The molecule has 19 nitrogen and oxygen atoms in total. The van der Waals surface area contributed by atoms with Gasteiger partial charge in [0.1, 0.15) is 47.3 Å². The molecule has 4 aromatic rings. The molecule has 5 atom stereocenters. The SMILES string of the molecule is C#CCOc1ccc(OCCOCCOCCCC(=O)[C@H](CC(=O)OC(C)(C)C)NC(=O)[C@H](CC(=O)OC(C)(C)C)CC(=O)[C@H](Cc2ccccc2)NC(=O)[C@@H](CC(=O)[C@@H](N)Cc2ccccc2)Cc2ccc(OC(C)(C)C)cc2)cc1.O=CO. The van der Waals surface area contributed by atoms with Crippen LogP contribution in [0.5, 0.6) is 17.2 Å². The number of hydrogen-bond acceptors (Lipinski definition) is 16. The summed E-state index contributed by atoms with van der Waals surface area (Å²) < 4.78 is 39.6. The number of Topliss-reactive ketones (excluding diaryl/α,β-unsaturated/α-hetero) is 3. The average molecular weight is 1180 g/mol. The van der Waals surface area contributed by atoms with Crippen LogP contribution in [0.15, 0.2) is 109 Å². The summed E-state index contributed by atoms with van der Waals surface area (Å²) in [6, 6.07) is 28.9. The molecule has 0 saturated heterocycles. The van der Waals surface area contributed by atoms with Gasteiger partial charge in [0.25, 0.3) is 6.47 Å². The van der Waals surface area contributed by atoms with Crippen molar-refractivity contribution in [2.75, 3.05) is 39.6 Å². The van der Waals surface area contributed by atoms with Gasteiger partial charge in [0.2, 0.25) is 11.8 Å². The molecular weight excluding hydrogens is 1090 g/mol. The molecular formula is C66H87N3O16. The molecule has 0 spiro atoms. The van der Waals surface area contributed by atoms with Gasteiger partial charge in [0, 0.05) is 31.8 Å². The first-order chi connectivity index (χ1) is 40.2. The Morgan fingerprint density at radius 1 is 0.529 bits per heavy atom. The van der Waals surface area contributed by atoms with Gasteiger partial charge < -0.3 is 54.6 Å². The predicted molar refractivity (Wildman–Crippen MR) is 321 cm³/mol. The van der Waals surface area contributed by atoms with E-state index in [-0.39, 0.29) is 77.2 Å². The number of terminal acetylenes is 1. The largest absolute Gasteiger partial charge is 0.491 e. The van der Waals surface area contributed by atoms with Gasteiger partial charge >= 0.3 is 11.9 Å². The van der Waals surface area contributed by atoms with Gasteiger partial charge in [-0.1, -0.05) is 78.7 Å². The van der Waals surface area contributed by atoms with Gasteiger partial charge in [-0.05, 0) is 141 Å². The highest BCUT2D eigenvalue weighted by molar-refractivity contribution is 5.97. The Hall–Kier alpha value is -7.92. The summed E-state index contributed by atoms with van der Waals surface area (Å²) in [5.41, 5.74) is 6.39. The number of nitrogens with one attached hydrogen (secondary N) is 2. The Labute approximate surface area is 500 Å². The Bertz CT molecular complexity index is 2740. The summed E-state index contributed by atoms with van der Waals surface area (Å²) in [6.45, 7) is 16.9. The predicted octanol–water partition coefficient (Wildman–Crippen LogP) is 7.98. The highest BCUT2D eigenvalue weighted by atomic mass is 16.6. The van der Waals surface area contributed by atoms with Gasteiger partial charge in [-0.15, -0.1) is 6.42 Å². The van der Waals surface area contributed by atoms with Crippen LogP contribution >= 0.6 is 0 Å². The molecule has 0 bridgehead atoms. The standard InChI is InChI=1S/C65H85N3O14.CH2O2/c1-11-32-78-50-28-30-51(31-29-50)79-37-36-77-35-34-76-33-18-23-56(69)55(44-60(73)82-65(8,9)10)68-62(75)49(43-59(72)81-64(5,6)7)42-58(71)54(40-46-21-16-13-17-22-46)67-61(74)48(38-47-24-26-52(27-25-47)80-63(2,3)4)41-57(70)53(66)39-45-19-14-12-15-20-45;2-1-3/h1,12-17,19-22,24-31,48-49,53-55H,18,23,32-44,66H2,2-10H3,(H,67,74)(H,68,75);1H,(H,2,3)/t48-,49+,53+,54+,55+;/m1./s1. The number of ketones is 3. The van der Waals surface area contributed by atoms with E-state index in [1.54, 1.807) is 108 Å². The molecule has 0 aliphatic rings. The van der Waals surface area contributed by atoms with Crippen molar-refractivity contribution in [3.05, 3.63) is 126 Å². The Morgan fingerprint density at radius 3 is 1.53 bits per heavy atom. The molecule has 0 saturated carbocycles. The van der Waals surface area contributed by atoms with Crippen molar-refractivity contribution in [3.63, 3.8) is 0 Å². The van der Waals surface area contributed by atoms with E-state index in [1.165, 1.54) is 0 Å². The fourth-order valence-electron chi connectivity index (χ4n) is 8.48. The van der Waals surface area contributed by atoms with Crippen molar-refractivity contribution in [1.29, 1.82) is 0 Å². The van der Waals surface area contributed by atoms with Gasteiger partial charge in [-0.3, -0.25) is 38.4 Å². The minimum absolute atomic E-state index is 0.0119. The van der Waals surface area contributed by atoms with Crippen molar-refractivity contribution >= 4 is 47.6 Å². The lowest BCUT2D eigenvalue weighted by atomic mass is 9.88. The molecule has 0 aliphatic carbocycles. The number of carbonyl (C=O) groups is 8. The molecule has 0 fully saturated rings. The summed E-state index contributed by atoms with van der Waals surface area (Å²) in [4.78, 5) is 107. The van der Waals surface area contributed by atoms with E-state index < -0.39 is 101 Å². The highest BCUT2D eigenvalue weighted by Crippen LogP contribution is 2.24. The summed E-state index contributed by atoms with van der Waals surface area (Å²) in [5, 5.41) is 12.5. The van der Waals surface area contributed by atoms with E-state index >= 15 is 0 Å². The number of hydrogen-bond donors (Lipinski definition) is 4. The van der Waals surface area contributed by atoms with Crippen LogP contribution in [-0.4, -0.2) is 127 Å². The Morgan fingerprint density at radius 2 is 0.988 bits per heavy atom. The molecule has 462 valence electrons. The van der Waals surface area contributed by atoms with Crippen LogP contribution in [0, 0.1) is 24.2 Å². The first-order valence-corrected chi connectivity index (χ1v) is 28.4. The average Bonchev–Trinajstić information content (AvgIpc) is 3.58. The zero-order chi connectivity index (χ0) is 63.0. The van der Waals surface area contributed by atoms with Crippen LogP contribution in [0.25, 0.3) is 0 Å². The number of esters is 2. The quantitative estimate of drug-likeness (QED) is 0.0147. The third kappa shape index (κ3) is 31.0. The fourth-order valence-corrected chi connectivity index (χ4v) is 8.48. The number of rotatable bonds is 35. The van der Waals surface area contributed by atoms with Crippen molar-refractivity contribution in [2.45, 2.75) is 155 Å². The minimum atomic E-state index is -1.43. The molecule has 0 aliphatic heterocycles. The maximum atomic E-state index is 14.9. The first kappa shape index (κ1) is 71.3. The van der Waals surface area contributed by atoms with Crippen LogP contribution in [0.1, 0.15) is 118 Å². The van der Waals surface area contributed by atoms with Crippen molar-refractivity contribution < 1.29 is 76.6 Å². The van der Waals surface area contributed by atoms with Crippen molar-refractivity contribution in [2.24, 2.45) is 17.6 Å². The topological polar surface area (TPSA) is 271 Å². The Kier molecular flexibility index (Phi) is 30.8. The smallest absolute Gasteiger partial charge is 0.308 e. The maximum Gasteiger partial charge on any atom is 0.308 e. The number of carboxylic acid groups (broad SMARTS) is 1. The summed E-state index contributed by atoms with van der Waals surface area (Å²) >= 11 is 0. The highest BCUT2D eigenvalue weighted by Gasteiger charge is 2.36. The molecule has 0 unspecified atom stereocenters. The number of carbonyl (C=O) groups excluding carboxylic acids is 7. The second-order valence-corrected chi connectivity index (χ2v) is 23.2. The van der Waals surface area contributed by atoms with Crippen LogP contribution in [0.4, 0.5) is 0 Å². The first-order valence-electron chi connectivity index (χ1n) is 28.4. The molecule has 4 rings (SSSR count). The number of nitrogens with two attached hydrogens (primary N) is 1. The van der Waals surface area contributed by atoms with E-state index in [1.807, 2.05) is 63.2 Å². The van der Waals surface area contributed by atoms with Gasteiger partial charge in [-0.2, -0.15) is 0 Å². The number of amides is 2. The number of ether oxygens (including phenoxy) is 7. The second kappa shape index (κ2) is 36.7. The molecule has 0 radical (unpaired) electrons. The van der Waals surface area contributed by atoms with E-state index in [4.69, 9.17) is 55.2 Å². The van der Waals surface area contributed by atoms with Crippen LogP contribution < -0.4 is 30.6 Å². The zero-order valence-electron chi connectivity index (χ0n) is 50.7. The summed E-state index contributed by atoms with van der Waals surface area (Å²) in [5.74, 6) is -2.63. The molecule has 0 heterocycles. The van der Waals surface area contributed by atoms with Gasteiger partial charge in [-0.25, -0.2) is 0 Å². The summed E-state index contributed by atoms with van der Waals surface area (Å²) in [7, 11) is 0. The normalized spacial score (nSPS) is 13.1. The van der Waals surface area contributed by atoms with Crippen LogP contribution in [-0.2, 0) is 76.6 Å². The molecule has 19 heteroatoms. The molecule has 2 amide bonds. The van der Waals surface area contributed by atoms with Crippen LogP contribution in [0.3, 0.4) is 0 Å². The van der Waals surface area contributed by atoms with Crippen LogP contribution in [0.2, 0.25) is 0 Å². The number of benzene rings is 4. The Balaban J connectivity index is 0.00000617. The van der Waals surface area contributed by atoms with Crippen molar-refractivity contribution in [1.82, 2.24) is 10.6 Å². The maximum absolute atomic E-state index is 14.9. The van der Waals surface area contributed by atoms with E-state index in [0.29, 0.717) is 36.0 Å². The van der Waals surface area contributed by atoms with E-state index in [0.717, 1.165) is 11.1 Å². The molecule has 4 aromatic carbocycles. The minimum Gasteiger partial charge on any atom is -0.491 e. The second-order valence-electron chi connectivity index (χ2n) is 23.2. The summed E-state index contributed by atoms with van der Waals surface area (Å²) in [6.07, 6.45) is 3.74. The van der Waals surface area contributed by atoms with E-state index in [2.05, 4.69) is 16.6 Å². The van der Waals surface area contributed by atoms with Gasteiger partial charge in [0.05, 0.1) is 56.7 Å². The third-order valence-corrected chi connectivity index (χ3v) is 12.2. The lowest BCUT2D eigenvalue weighted by molar-refractivity contribution is -0.159. The third-order valence-electron chi connectivity index (χ3n) is 12.2. The molecule has 85 heavy (non-hydrogen) atoms. The fraction of sp³-hybridized carbons (Fsp3) is 0.485. The molecule has 0 aromatic heterocycles. The van der Waals surface area contributed by atoms with E-state index in [9.17, 15) is 33.6 Å². The molecule has 5 N–H and O–H groups in total. The monoisotopic (exact) mass is 1180 g/mol. The lowest BCUT2D eigenvalue weighted by Crippen LogP contribution is -2.49. The lowest BCUT2D eigenvalue weighted by Gasteiger charge is -2.27. The van der Waals surface area contributed by atoms with Gasteiger partial charge in [0.15, 0.2) is 17.3 Å². The zero-order valence-corrected chi connectivity index (χ0v) is 50.7.